The molecule has 4 rings (SSSR count). The molecule has 1 aromatic heterocycles. The average Bonchev–Trinajstić information content (AvgIpc) is 3.09. The maximum Gasteiger partial charge on any atom is 0.352 e. The van der Waals surface area contributed by atoms with Gasteiger partial charge >= 0.3 is 11.9 Å². The second-order valence-electron chi connectivity index (χ2n) is 7.69. The van der Waals surface area contributed by atoms with Gasteiger partial charge in [0, 0.05) is 18.2 Å². The van der Waals surface area contributed by atoms with Crippen molar-refractivity contribution >= 4 is 35.5 Å². The normalized spacial score (nSPS) is 19.6. The molecule has 2 N–H and O–H groups in total. The third-order valence-electron chi connectivity index (χ3n) is 5.51. The fraction of sp³-hybridized carbons (Fsp3) is 0.318. The standard InChI is InChI=1S/C22H22N4O6S/c1-11-16(12(2)26(24-11)15-7-5-4-6-8-15)19(28)23-17-20(29)25-18(22(30)31)14(9-32-13(3)27)10-33-21(17)25/h4-8,17,21H,9-10H2,1-3H3,(H,23,28)(H,30,31)/t17-,21-/m0/s1. The predicted octanol–water partition coefficient (Wildman–Crippen LogP) is 1.40. The number of nitrogens with one attached hydrogen (secondary N) is 1. The van der Waals surface area contributed by atoms with Crippen molar-refractivity contribution < 1.29 is 29.0 Å². The van der Waals surface area contributed by atoms with E-state index in [0.29, 0.717) is 22.5 Å². The number of aromatic nitrogens is 2. The first-order valence-corrected chi connectivity index (χ1v) is 11.2. The molecule has 0 radical (unpaired) electrons. The number of nitrogens with zero attached hydrogens (tertiary/aromatic N) is 3. The van der Waals surface area contributed by atoms with Gasteiger partial charge in [0.25, 0.3) is 11.8 Å². The number of carbonyl (C=O) groups excluding carboxylic acids is 3. The largest absolute Gasteiger partial charge is 0.477 e. The van der Waals surface area contributed by atoms with E-state index in [1.165, 1.54) is 18.7 Å². The number of hydrogen-bond acceptors (Lipinski definition) is 7. The van der Waals surface area contributed by atoms with E-state index in [0.717, 1.165) is 10.6 Å². The Morgan fingerprint density at radius 2 is 1.94 bits per heavy atom. The molecule has 10 nitrogen and oxygen atoms in total. The highest BCUT2D eigenvalue weighted by molar-refractivity contribution is 8.00. The van der Waals surface area contributed by atoms with Crippen LogP contribution >= 0.6 is 11.8 Å². The zero-order chi connectivity index (χ0) is 23.9. The van der Waals surface area contributed by atoms with E-state index in [9.17, 15) is 24.3 Å². The maximum absolute atomic E-state index is 13.1. The number of carbonyl (C=O) groups is 4. The lowest BCUT2D eigenvalue weighted by atomic mass is 10.0. The predicted molar refractivity (Wildman–Crippen MR) is 119 cm³/mol. The number of β-lactam (4-membered cyclic amide) rings is 1. The van der Waals surface area contributed by atoms with Crippen LogP contribution in [0, 0.1) is 13.8 Å². The molecule has 3 heterocycles. The van der Waals surface area contributed by atoms with E-state index in [1.54, 1.807) is 18.5 Å². The highest BCUT2D eigenvalue weighted by Crippen LogP contribution is 2.40. The number of ether oxygens (including phenoxy) is 1. The van der Waals surface area contributed by atoms with Gasteiger partial charge in [0.2, 0.25) is 0 Å². The Morgan fingerprint density at radius 3 is 2.58 bits per heavy atom. The number of rotatable bonds is 6. The molecule has 172 valence electrons. The van der Waals surface area contributed by atoms with Crippen molar-refractivity contribution in [3.05, 3.63) is 58.6 Å². The molecule has 0 unspecified atom stereocenters. The van der Waals surface area contributed by atoms with Gasteiger partial charge in [0.1, 0.15) is 23.7 Å². The molecule has 33 heavy (non-hydrogen) atoms. The molecular formula is C22H22N4O6S. The van der Waals surface area contributed by atoms with Crippen LogP contribution in [-0.4, -0.2) is 67.3 Å². The molecule has 2 atom stereocenters. The lowest BCUT2D eigenvalue weighted by molar-refractivity contribution is -0.149. The Balaban J connectivity index is 1.54. The topological polar surface area (TPSA) is 131 Å². The van der Waals surface area contributed by atoms with Gasteiger partial charge in [-0.1, -0.05) is 18.2 Å². The number of thioether (sulfide) groups is 1. The first-order chi connectivity index (χ1) is 15.7. The minimum Gasteiger partial charge on any atom is -0.477 e. The summed E-state index contributed by atoms with van der Waals surface area (Å²) < 4.78 is 6.60. The summed E-state index contributed by atoms with van der Waals surface area (Å²) in [4.78, 5) is 50.0. The number of aliphatic carboxylic acids is 1. The van der Waals surface area contributed by atoms with Gasteiger partial charge in [-0.2, -0.15) is 5.10 Å². The van der Waals surface area contributed by atoms with Crippen molar-refractivity contribution in [2.45, 2.75) is 32.2 Å². The van der Waals surface area contributed by atoms with Crippen LogP contribution in [0.5, 0.6) is 0 Å². The fourth-order valence-electron chi connectivity index (χ4n) is 3.99. The van der Waals surface area contributed by atoms with Crippen LogP contribution in [0.2, 0.25) is 0 Å². The van der Waals surface area contributed by atoms with Crippen molar-refractivity contribution in [2.75, 3.05) is 12.4 Å². The number of aryl methyl sites for hydroxylation is 1. The minimum absolute atomic E-state index is 0.195. The first kappa shape index (κ1) is 22.6. The van der Waals surface area contributed by atoms with Crippen LogP contribution in [0.15, 0.2) is 41.6 Å². The third kappa shape index (κ3) is 3.99. The van der Waals surface area contributed by atoms with Crippen LogP contribution in [-0.2, 0) is 19.1 Å². The SMILES string of the molecule is CC(=O)OCC1=C(C(=O)O)N2C(=O)[C@H](NC(=O)c3c(C)nn(-c4ccccc4)c3C)[C@@H]2SC1. The van der Waals surface area contributed by atoms with Gasteiger partial charge in [-0.25, -0.2) is 9.48 Å². The van der Waals surface area contributed by atoms with Crippen LogP contribution in [0.3, 0.4) is 0 Å². The lowest BCUT2D eigenvalue weighted by Gasteiger charge is -2.49. The van der Waals surface area contributed by atoms with Gasteiger partial charge in [-0.3, -0.25) is 19.3 Å². The highest BCUT2D eigenvalue weighted by Gasteiger charge is 2.54. The quantitative estimate of drug-likeness (QED) is 0.479. The van der Waals surface area contributed by atoms with Crippen LogP contribution < -0.4 is 5.32 Å². The first-order valence-electron chi connectivity index (χ1n) is 10.2. The maximum atomic E-state index is 13.1. The number of para-hydroxylation sites is 1. The number of carboxylic acid groups (broad SMARTS) is 1. The van der Waals surface area contributed by atoms with Crippen LogP contribution in [0.25, 0.3) is 5.69 Å². The zero-order valence-electron chi connectivity index (χ0n) is 18.2. The van der Waals surface area contributed by atoms with E-state index in [4.69, 9.17) is 4.74 Å². The van der Waals surface area contributed by atoms with Gasteiger partial charge in [0.15, 0.2) is 0 Å². The second-order valence-corrected chi connectivity index (χ2v) is 8.80. The van der Waals surface area contributed by atoms with Crippen molar-refractivity contribution in [1.82, 2.24) is 20.0 Å². The molecule has 2 aliphatic rings. The highest BCUT2D eigenvalue weighted by atomic mass is 32.2. The van der Waals surface area contributed by atoms with E-state index in [2.05, 4.69) is 10.4 Å². The number of esters is 1. The van der Waals surface area contributed by atoms with Gasteiger partial charge in [-0.15, -0.1) is 11.8 Å². The summed E-state index contributed by atoms with van der Waals surface area (Å²) in [6.45, 7) is 4.52. The van der Waals surface area contributed by atoms with Crippen molar-refractivity contribution in [3.8, 4) is 5.69 Å². The summed E-state index contributed by atoms with van der Waals surface area (Å²) in [5.41, 5.74) is 2.47. The molecule has 1 saturated heterocycles. The van der Waals surface area contributed by atoms with E-state index >= 15 is 0 Å². The lowest BCUT2D eigenvalue weighted by Crippen LogP contribution is -2.70. The van der Waals surface area contributed by atoms with Crippen molar-refractivity contribution in [3.63, 3.8) is 0 Å². The molecular weight excluding hydrogens is 448 g/mol. The van der Waals surface area contributed by atoms with E-state index in [1.807, 2.05) is 30.3 Å². The van der Waals surface area contributed by atoms with Gasteiger partial charge < -0.3 is 15.2 Å². The second kappa shape index (κ2) is 8.74. The van der Waals surface area contributed by atoms with Gasteiger partial charge in [-0.05, 0) is 26.0 Å². The smallest absolute Gasteiger partial charge is 0.352 e. The number of hydrogen-bond donors (Lipinski definition) is 2. The van der Waals surface area contributed by atoms with Gasteiger partial charge in [0.05, 0.1) is 22.6 Å². The summed E-state index contributed by atoms with van der Waals surface area (Å²) in [7, 11) is 0. The molecule has 0 spiro atoms. The monoisotopic (exact) mass is 470 g/mol. The van der Waals surface area contributed by atoms with E-state index < -0.39 is 35.2 Å². The summed E-state index contributed by atoms with van der Waals surface area (Å²) in [5, 5.41) is 16.3. The summed E-state index contributed by atoms with van der Waals surface area (Å²) in [6.07, 6.45) is 0. The van der Waals surface area contributed by atoms with Crippen LogP contribution in [0.4, 0.5) is 0 Å². The molecule has 2 amide bonds. The summed E-state index contributed by atoms with van der Waals surface area (Å²) in [5.74, 6) is -2.53. The fourth-order valence-corrected chi connectivity index (χ4v) is 5.32. The summed E-state index contributed by atoms with van der Waals surface area (Å²) in [6, 6.07) is 8.51. The third-order valence-corrected chi connectivity index (χ3v) is 6.84. The Bertz CT molecular complexity index is 1190. The zero-order valence-corrected chi connectivity index (χ0v) is 19.0. The number of benzene rings is 1. The molecule has 0 aliphatic carbocycles. The average molecular weight is 471 g/mol. The molecule has 1 aromatic carbocycles. The molecule has 1 fully saturated rings. The van der Waals surface area contributed by atoms with E-state index in [-0.39, 0.29) is 18.1 Å². The molecule has 2 aromatic rings. The Kier molecular flexibility index (Phi) is 5.98. The molecule has 0 saturated carbocycles. The van der Waals surface area contributed by atoms with Crippen molar-refractivity contribution in [2.24, 2.45) is 0 Å². The number of fused-ring (bicyclic) bond motifs is 1. The Morgan fingerprint density at radius 1 is 1.24 bits per heavy atom. The van der Waals surface area contributed by atoms with Crippen molar-refractivity contribution in [1.29, 1.82) is 0 Å². The molecule has 2 aliphatic heterocycles. The number of amides is 2. The number of carboxylic acids is 1. The molecule has 0 bridgehead atoms. The van der Waals surface area contributed by atoms with Crippen LogP contribution in [0.1, 0.15) is 28.7 Å². The summed E-state index contributed by atoms with van der Waals surface area (Å²) >= 11 is 1.31. The Labute approximate surface area is 193 Å². The Hall–Kier alpha value is -3.60. The minimum atomic E-state index is -1.28. The molecule has 11 heteroatoms.